The summed E-state index contributed by atoms with van der Waals surface area (Å²) in [7, 11) is 3.96. The Morgan fingerprint density at radius 2 is 1.61 bits per heavy atom. The molecule has 5 rings (SSSR count). The second kappa shape index (κ2) is 12.6. The molecule has 0 fully saturated rings. The van der Waals surface area contributed by atoms with Gasteiger partial charge in [-0.25, -0.2) is 4.39 Å². The predicted molar refractivity (Wildman–Crippen MR) is 158 cm³/mol. The van der Waals surface area contributed by atoms with E-state index >= 15 is 0 Å². The van der Waals surface area contributed by atoms with Crippen LogP contribution in [0.5, 0.6) is 0 Å². The monoisotopic (exact) mass is 552 g/mol. The van der Waals surface area contributed by atoms with Gasteiger partial charge in [-0.3, -0.25) is 9.59 Å². The second-order valence-corrected chi connectivity index (χ2v) is 10.2. The molecule has 0 aliphatic heterocycles. The van der Waals surface area contributed by atoms with Crippen LogP contribution in [0.1, 0.15) is 27.2 Å². The highest BCUT2D eigenvalue weighted by atomic mass is 19.1. The molecule has 2 amide bonds. The van der Waals surface area contributed by atoms with Crippen molar-refractivity contribution in [1.82, 2.24) is 14.8 Å². The second-order valence-electron chi connectivity index (χ2n) is 10.2. The maximum atomic E-state index is 14.6. The third kappa shape index (κ3) is 6.66. The van der Waals surface area contributed by atoms with Gasteiger partial charge in [-0.05, 0) is 60.0 Å². The summed E-state index contributed by atoms with van der Waals surface area (Å²) in [4.78, 5) is 35.8. The Labute approximate surface area is 238 Å². The molecule has 0 aliphatic carbocycles. The molecule has 41 heavy (non-hydrogen) atoms. The first kappa shape index (κ1) is 27.7. The van der Waals surface area contributed by atoms with Crippen molar-refractivity contribution in [1.29, 1.82) is 0 Å². The van der Waals surface area contributed by atoms with Gasteiger partial charge >= 0.3 is 0 Å². The van der Waals surface area contributed by atoms with E-state index in [1.807, 2.05) is 67.7 Å². The molecule has 0 unspecified atom stereocenters. The summed E-state index contributed by atoms with van der Waals surface area (Å²) in [5, 5.41) is 1.12. The fraction of sp³-hybridized carbons (Fsp3) is 0.212. The highest BCUT2D eigenvalue weighted by molar-refractivity contribution is 5.96. The van der Waals surface area contributed by atoms with E-state index < -0.39 is 11.7 Å². The summed E-state index contributed by atoms with van der Waals surface area (Å²) in [6.07, 6.45) is 4.11. The molecule has 210 valence electrons. The number of hydrogen-bond donors (Lipinski definition) is 1. The molecule has 1 N–H and O–H groups in total. The lowest BCUT2D eigenvalue weighted by atomic mass is 10.1. The fourth-order valence-corrected chi connectivity index (χ4v) is 4.86. The van der Waals surface area contributed by atoms with Gasteiger partial charge in [0.1, 0.15) is 18.1 Å². The lowest BCUT2D eigenvalue weighted by Gasteiger charge is -2.28. The maximum Gasteiger partial charge on any atom is 0.257 e. The first-order chi connectivity index (χ1) is 19.9. The summed E-state index contributed by atoms with van der Waals surface area (Å²) in [6.45, 7) is 0.632. The largest absolute Gasteiger partial charge is 0.467 e. The van der Waals surface area contributed by atoms with E-state index in [1.165, 1.54) is 29.4 Å². The van der Waals surface area contributed by atoms with Crippen molar-refractivity contribution in [2.24, 2.45) is 0 Å². The van der Waals surface area contributed by atoms with Crippen molar-refractivity contribution < 1.29 is 18.4 Å². The normalized spacial score (nSPS) is 11.0. The molecule has 8 heteroatoms. The number of fused-ring (bicyclic) bond motifs is 1. The zero-order valence-electron chi connectivity index (χ0n) is 23.2. The maximum absolute atomic E-state index is 14.6. The topological polar surface area (TPSA) is 72.8 Å². The molecule has 3 aromatic carbocycles. The number of carbonyl (C=O) groups is 2. The fourth-order valence-electron chi connectivity index (χ4n) is 4.86. The number of rotatable bonds is 11. The van der Waals surface area contributed by atoms with E-state index in [0.717, 1.165) is 27.7 Å². The molecular weight excluding hydrogens is 519 g/mol. The summed E-state index contributed by atoms with van der Waals surface area (Å²) >= 11 is 0. The molecule has 0 saturated heterocycles. The van der Waals surface area contributed by atoms with Crippen molar-refractivity contribution in [2.45, 2.75) is 19.5 Å². The van der Waals surface area contributed by atoms with Crippen LogP contribution in [-0.4, -0.2) is 53.8 Å². The lowest BCUT2D eigenvalue weighted by molar-refractivity contribution is -0.132. The molecule has 7 nitrogen and oxygen atoms in total. The number of carbonyl (C=O) groups excluding carboxylic acids is 2. The first-order valence-electron chi connectivity index (χ1n) is 13.5. The minimum absolute atomic E-state index is 0.0414. The Kier molecular flexibility index (Phi) is 8.48. The van der Waals surface area contributed by atoms with E-state index in [4.69, 9.17) is 4.42 Å². The Hall–Kier alpha value is -4.85. The molecule has 0 atom stereocenters. The number of nitrogens with one attached hydrogen (secondary N) is 1. The van der Waals surface area contributed by atoms with Gasteiger partial charge < -0.3 is 24.1 Å². The Morgan fingerprint density at radius 1 is 0.854 bits per heavy atom. The first-order valence-corrected chi connectivity index (χ1v) is 13.5. The van der Waals surface area contributed by atoms with Gasteiger partial charge in [0.2, 0.25) is 5.91 Å². The zero-order chi connectivity index (χ0) is 28.8. The number of nitrogens with zero attached hydrogens (tertiary/aromatic N) is 3. The Bertz CT molecular complexity index is 1610. The minimum atomic E-state index is -0.633. The number of anilines is 1. The highest BCUT2D eigenvalue weighted by Gasteiger charge is 2.25. The van der Waals surface area contributed by atoms with Crippen LogP contribution in [0.15, 0.2) is 102 Å². The number of benzene rings is 3. The van der Waals surface area contributed by atoms with Crippen LogP contribution in [0.4, 0.5) is 10.1 Å². The molecule has 0 spiro atoms. The van der Waals surface area contributed by atoms with Crippen LogP contribution in [0, 0.1) is 5.82 Å². The molecule has 2 heterocycles. The van der Waals surface area contributed by atoms with Crippen molar-refractivity contribution in [3.8, 4) is 0 Å². The van der Waals surface area contributed by atoms with E-state index in [-0.39, 0.29) is 24.6 Å². The van der Waals surface area contributed by atoms with Gasteiger partial charge in [0.25, 0.3) is 5.91 Å². The molecule has 5 aromatic rings. The number of furan rings is 1. The molecule has 2 aromatic heterocycles. The quantitative estimate of drug-likeness (QED) is 0.222. The van der Waals surface area contributed by atoms with Gasteiger partial charge in [0, 0.05) is 50.0 Å². The van der Waals surface area contributed by atoms with Gasteiger partial charge in [-0.2, -0.15) is 0 Å². The minimum Gasteiger partial charge on any atom is -0.467 e. The number of amides is 2. The number of aromatic nitrogens is 1. The number of H-pyrrole nitrogens is 1. The van der Waals surface area contributed by atoms with Crippen LogP contribution in [0.2, 0.25) is 0 Å². The highest BCUT2D eigenvalue weighted by Crippen LogP contribution is 2.20. The van der Waals surface area contributed by atoms with E-state index in [2.05, 4.69) is 11.1 Å². The number of halogens is 1. The van der Waals surface area contributed by atoms with Crippen LogP contribution in [0.25, 0.3) is 10.9 Å². The summed E-state index contributed by atoms with van der Waals surface area (Å²) in [6, 6.07) is 25.4. The number of para-hydroxylation sites is 1. The van der Waals surface area contributed by atoms with Gasteiger partial charge in [-0.15, -0.1) is 0 Å². The molecule has 0 radical (unpaired) electrons. The standard InChI is InChI=1S/C33H33FN4O3/c1-36(2)26-15-13-24(14-16-26)21-37(18-17-25-20-35-31-12-6-4-9-28(25)31)32(39)23-38(22-27-8-7-19-41-27)33(40)29-10-3-5-11-30(29)34/h3-16,19-20,35H,17-18,21-23H2,1-2H3. The molecule has 0 bridgehead atoms. The molecule has 0 saturated carbocycles. The van der Waals surface area contributed by atoms with Crippen LogP contribution >= 0.6 is 0 Å². The van der Waals surface area contributed by atoms with Gasteiger partial charge in [-0.1, -0.05) is 42.5 Å². The van der Waals surface area contributed by atoms with E-state index in [9.17, 15) is 14.0 Å². The average molecular weight is 553 g/mol. The Morgan fingerprint density at radius 3 is 2.34 bits per heavy atom. The van der Waals surface area contributed by atoms with Crippen LogP contribution in [-0.2, 0) is 24.3 Å². The summed E-state index contributed by atoms with van der Waals surface area (Å²) < 4.78 is 20.1. The van der Waals surface area contributed by atoms with Gasteiger partial charge in [0.15, 0.2) is 0 Å². The van der Waals surface area contributed by atoms with Crippen LogP contribution < -0.4 is 4.90 Å². The number of hydrogen-bond acceptors (Lipinski definition) is 4. The van der Waals surface area contributed by atoms with Crippen molar-refractivity contribution in [3.63, 3.8) is 0 Å². The summed E-state index contributed by atoms with van der Waals surface area (Å²) in [5.41, 5.74) is 4.10. The summed E-state index contributed by atoms with van der Waals surface area (Å²) in [5.74, 6) is -0.934. The zero-order valence-corrected chi connectivity index (χ0v) is 23.2. The van der Waals surface area contributed by atoms with E-state index in [0.29, 0.717) is 25.3 Å². The lowest BCUT2D eigenvalue weighted by Crippen LogP contribution is -2.43. The van der Waals surface area contributed by atoms with Crippen LogP contribution in [0.3, 0.4) is 0 Å². The Balaban J connectivity index is 1.40. The van der Waals surface area contributed by atoms with Crippen molar-refractivity contribution in [2.75, 3.05) is 32.1 Å². The van der Waals surface area contributed by atoms with Crippen molar-refractivity contribution >= 4 is 28.4 Å². The van der Waals surface area contributed by atoms with Crippen molar-refractivity contribution in [3.05, 3.63) is 126 Å². The SMILES string of the molecule is CN(C)c1ccc(CN(CCc2c[nH]c3ccccc23)C(=O)CN(Cc2ccco2)C(=O)c2ccccc2F)cc1. The average Bonchev–Trinajstić information content (AvgIpc) is 3.65. The third-order valence-electron chi connectivity index (χ3n) is 7.15. The van der Waals surface area contributed by atoms with E-state index in [1.54, 1.807) is 23.1 Å². The molecule has 0 aliphatic rings. The number of aromatic amines is 1. The molecular formula is C33H33FN4O3. The van der Waals surface area contributed by atoms with Gasteiger partial charge in [0.05, 0.1) is 18.4 Å². The smallest absolute Gasteiger partial charge is 0.257 e. The third-order valence-corrected chi connectivity index (χ3v) is 7.15. The predicted octanol–water partition coefficient (Wildman–Crippen LogP) is 5.88.